The number of carbonyl (C=O) groups is 1. The normalized spacial score (nSPS) is 13.5. The van der Waals surface area contributed by atoms with E-state index < -0.39 is 35.5 Å². The molecule has 23 heavy (non-hydrogen) atoms. The van der Waals surface area contributed by atoms with E-state index in [4.69, 9.17) is 11.6 Å². The fraction of sp³-hybridized carbons (Fsp3) is 0.188. The molecule has 2 aromatic rings. The lowest BCUT2D eigenvalue weighted by atomic mass is 9.95. The molecule has 3 nitrogen and oxygen atoms in total. The molecule has 0 aliphatic heterocycles. The van der Waals surface area contributed by atoms with Gasteiger partial charge in [0.1, 0.15) is 23.1 Å². The van der Waals surface area contributed by atoms with Crippen molar-refractivity contribution in [3.05, 3.63) is 70.0 Å². The zero-order valence-corrected chi connectivity index (χ0v) is 12.8. The van der Waals surface area contributed by atoms with E-state index in [9.17, 15) is 23.1 Å². The average Bonchev–Trinajstić information content (AvgIpc) is 2.44. The first-order valence-corrected chi connectivity index (χ1v) is 6.99. The van der Waals surface area contributed by atoms with Crippen molar-refractivity contribution in [3.63, 3.8) is 0 Å². The van der Waals surface area contributed by atoms with Crippen LogP contribution >= 0.6 is 11.6 Å². The second-order valence-corrected chi connectivity index (χ2v) is 5.64. The summed E-state index contributed by atoms with van der Waals surface area (Å²) in [6, 6.07) is 6.23. The summed E-state index contributed by atoms with van der Waals surface area (Å²) in [7, 11) is 0. The highest BCUT2D eigenvalue weighted by Gasteiger charge is 2.28. The number of carbonyl (C=O) groups excluding carboxylic acids is 1. The Labute approximate surface area is 135 Å². The lowest BCUT2D eigenvalue weighted by Crippen LogP contribution is -2.39. The Hall–Kier alpha value is -2.05. The third-order valence-corrected chi connectivity index (χ3v) is 3.52. The lowest BCUT2D eigenvalue weighted by Gasteiger charge is -2.24. The van der Waals surface area contributed by atoms with Gasteiger partial charge in [-0.1, -0.05) is 17.7 Å². The molecule has 0 fully saturated rings. The van der Waals surface area contributed by atoms with Crippen molar-refractivity contribution in [2.45, 2.75) is 12.5 Å². The average molecular weight is 344 g/mol. The van der Waals surface area contributed by atoms with Gasteiger partial charge in [0.15, 0.2) is 0 Å². The summed E-state index contributed by atoms with van der Waals surface area (Å²) in [6.45, 7) is 0.859. The van der Waals surface area contributed by atoms with Crippen LogP contribution in [0.3, 0.4) is 0 Å². The topological polar surface area (TPSA) is 49.3 Å². The third kappa shape index (κ3) is 4.03. The quantitative estimate of drug-likeness (QED) is 0.894. The number of hydrogen-bond acceptors (Lipinski definition) is 2. The van der Waals surface area contributed by atoms with E-state index in [2.05, 4.69) is 5.32 Å². The van der Waals surface area contributed by atoms with Crippen molar-refractivity contribution in [1.82, 2.24) is 5.32 Å². The first-order valence-electron chi connectivity index (χ1n) is 6.62. The van der Waals surface area contributed by atoms with Crippen LogP contribution in [-0.2, 0) is 5.60 Å². The monoisotopic (exact) mass is 343 g/mol. The Kier molecular flexibility index (Phi) is 4.97. The van der Waals surface area contributed by atoms with Crippen LogP contribution < -0.4 is 5.32 Å². The highest BCUT2D eigenvalue weighted by atomic mass is 35.5. The first kappa shape index (κ1) is 17.3. The van der Waals surface area contributed by atoms with Crippen LogP contribution in [0.4, 0.5) is 13.2 Å². The summed E-state index contributed by atoms with van der Waals surface area (Å²) in [4.78, 5) is 11.9. The SMILES string of the molecule is CC(O)(CNC(=O)c1ccc(Cl)cc1F)c1ccc(F)cc1F. The van der Waals surface area contributed by atoms with Crippen molar-refractivity contribution >= 4 is 17.5 Å². The minimum atomic E-state index is -1.80. The Morgan fingerprint density at radius 3 is 2.48 bits per heavy atom. The van der Waals surface area contributed by atoms with Crippen molar-refractivity contribution in [2.75, 3.05) is 6.54 Å². The van der Waals surface area contributed by atoms with Crippen molar-refractivity contribution in [2.24, 2.45) is 0 Å². The molecule has 1 amide bonds. The van der Waals surface area contributed by atoms with Gasteiger partial charge in [-0.15, -0.1) is 0 Å². The van der Waals surface area contributed by atoms with Crippen molar-refractivity contribution in [3.8, 4) is 0 Å². The van der Waals surface area contributed by atoms with Gasteiger partial charge in [0.05, 0.1) is 12.1 Å². The highest BCUT2D eigenvalue weighted by molar-refractivity contribution is 6.30. The van der Waals surface area contributed by atoms with Crippen LogP contribution in [0.5, 0.6) is 0 Å². The standard InChI is InChI=1S/C16H13ClF3NO2/c1-16(23,12-5-3-10(18)7-14(12)20)8-21-15(22)11-4-2-9(17)6-13(11)19/h2-7,23H,8H2,1H3,(H,21,22). The van der Waals surface area contributed by atoms with E-state index in [0.717, 1.165) is 18.2 Å². The molecular weight excluding hydrogens is 331 g/mol. The van der Waals surface area contributed by atoms with E-state index in [-0.39, 0.29) is 16.1 Å². The van der Waals surface area contributed by atoms with Gasteiger partial charge in [-0.3, -0.25) is 4.79 Å². The molecule has 0 aliphatic carbocycles. The molecular formula is C16H13ClF3NO2. The number of rotatable bonds is 4. The van der Waals surface area contributed by atoms with Gasteiger partial charge in [-0.05, 0) is 31.2 Å². The number of halogens is 4. The van der Waals surface area contributed by atoms with E-state index in [1.165, 1.54) is 19.1 Å². The summed E-state index contributed by atoms with van der Waals surface area (Å²) < 4.78 is 40.3. The molecule has 0 heterocycles. The van der Waals surface area contributed by atoms with Gasteiger partial charge in [-0.2, -0.15) is 0 Å². The predicted molar refractivity (Wildman–Crippen MR) is 79.7 cm³/mol. The fourth-order valence-electron chi connectivity index (χ4n) is 2.04. The number of benzene rings is 2. The van der Waals surface area contributed by atoms with Gasteiger partial charge < -0.3 is 10.4 Å². The molecule has 1 unspecified atom stereocenters. The lowest BCUT2D eigenvalue weighted by molar-refractivity contribution is 0.0493. The number of hydrogen-bond donors (Lipinski definition) is 2. The van der Waals surface area contributed by atoms with Crippen LogP contribution in [0.2, 0.25) is 5.02 Å². The van der Waals surface area contributed by atoms with E-state index in [1.807, 2.05) is 0 Å². The predicted octanol–water partition coefficient (Wildman–Crippen LogP) is 3.39. The number of aliphatic hydroxyl groups is 1. The van der Waals surface area contributed by atoms with Gasteiger partial charge >= 0.3 is 0 Å². The zero-order valence-electron chi connectivity index (χ0n) is 12.0. The second kappa shape index (κ2) is 6.60. The van der Waals surface area contributed by atoms with Gasteiger partial charge in [-0.25, -0.2) is 13.2 Å². The Morgan fingerprint density at radius 2 is 1.87 bits per heavy atom. The maximum atomic E-state index is 13.7. The third-order valence-electron chi connectivity index (χ3n) is 3.28. The summed E-state index contributed by atoms with van der Waals surface area (Å²) in [6.07, 6.45) is 0. The van der Waals surface area contributed by atoms with Crippen LogP contribution in [0.25, 0.3) is 0 Å². The van der Waals surface area contributed by atoms with Gasteiger partial charge in [0.25, 0.3) is 5.91 Å². The maximum absolute atomic E-state index is 13.7. The summed E-state index contributed by atoms with van der Waals surface area (Å²) in [5.41, 5.74) is -2.24. The van der Waals surface area contributed by atoms with Crippen LogP contribution in [0, 0.1) is 17.5 Å². The molecule has 2 rings (SSSR count). The summed E-state index contributed by atoms with van der Waals surface area (Å²) in [5.74, 6) is -3.33. The largest absolute Gasteiger partial charge is 0.383 e. The molecule has 0 saturated carbocycles. The van der Waals surface area contributed by atoms with Crippen LogP contribution in [-0.4, -0.2) is 17.6 Å². The van der Waals surface area contributed by atoms with Gasteiger partial charge in [0.2, 0.25) is 0 Å². The number of nitrogens with one attached hydrogen (secondary N) is 1. The molecule has 0 aliphatic rings. The van der Waals surface area contributed by atoms with Crippen molar-refractivity contribution < 1.29 is 23.1 Å². The molecule has 0 saturated heterocycles. The minimum absolute atomic E-state index is 0.138. The molecule has 0 aromatic heterocycles. The molecule has 0 radical (unpaired) electrons. The summed E-state index contributed by atoms with van der Waals surface area (Å²) >= 11 is 5.60. The van der Waals surface area contributed by atoms with E-state index >= 15 is 0 Å². The molecule has 0 spiro atoms. The maximum Gasteiger partial charge on any atom is 0.254 e. The minimum Gasteiger partial charge on any atom is -0.383 e. The number of amides is 1. The molecule has 122 valence electrons. The molecule has 2 aromatic carbocycles. The second-order valence-electron chi connectivity index (χ2n) is 5.20. The Balaban J connectivity index is 2.13. The smallest absolute Gasteiger partial charge is 0.254 e. The summed E-state index contributed by atoms with van der Waals surface area (Å²) in [5, 5.41) is 12.7. The molecule has 1 atom stereocenters. The highest BCUT2D eigenvalue weighted by Crippen LogP contribution is 2.24. The molecule has 7 heteroatoms. The van der Waals surface area contributed by atoms with E-state index in [0.29, 0.717) is 6.07 Å². The van der Waals surface area contributed by atoms with Gasteiger partial charge in [0, 0.05) is 16.7 Å². The Morgan fingerprint density at radius 1 is 1.17 bits per heavy atom. The van der Waals surface area contributed by atoms with Crippen LogP contribution in [0.15, 0.2) is 36.4 Å². The Bertz CT molecular complexity index is 750. The molecule has 2 N–H and O–H groups in total. The fourth-order valence-corrected chi connectivity index (χ4v) is 2.20. The van der Waals surface area contributed by atoms with E-state index in [1.54, 1.807) is 0 Å². The van der Waals surface area contributed by atoms with Crippen LogP contribution in [0.1, 0.15) is 22.8 Å². The van der Waals surface area contributed by atoms with Crippen molar-refractivity contribution in [1.29, 1.82) is 0 Å². The zero-order chi connectivity index (χ0) is 17.2. The molecule has 0 bridgehead atoms. The first-order chi connectivity index (χ1) is 10.7.